The molecule has 0 aliphatic carbocycles. The number of carbonyl (C=O) groups is 2. The number of carbonyl (C=O) groups excluding carboxylic acids is 2. The van der Waals surface area contributed by atoms with E-state index in [-0.39, 0.29) is 18.6 Å². The molecule has 1 unspecified atom stereocenters. The molecular formula is C25H24N2O4. The largest absolute Gasteiger partial charge is 0.491 e. The summed E-state index contributed by atoms with van der Waals surface area (Å²) in [5, 5.41) is 8.91. The van der Waals surface area contributed by atoms with E-state index in [2.05, 4.69) is 0 Å². The topological polar surface area (TPSA) is 78.9 Å². The summed E-state index contributed by atoms with van der Waals surface area (Å²) in [7, 11) is 0. The first-order chi connectivity index (χ1) is 15.2. The first-order valence-corrected chi connectivity index (χ1v) is 10.2. The average Bonchev–Trinajstić information content (AvgIpc) is 3.02. The lowest BCUT2D eigenvalue weighted by Gasteiger charge is -2.30. The van der Waals surface area contributed by atoms with E-state index in [0.29, 0.717) is 30.7 Å². The molecule has 158 valence electrons. The lowest BCUT2D eigenvalue weighted by molar-refractivity contribution is -0.134. The monoisotopic (exact) mass is 416 g/mol. The van der Waals surface area contributed by atoms with Crippen LogP contribution in [0.1, 0.15) is 39.5 Å². The number of benzene rings is 3. The Morgan fingerprint density at radius 3 is 2.42 bits per heavy atom. The second-order valence-electron chi connectivity index (χ2n) is 7.51. The zero-order valence-corrected chi connectivity index (χ0v) is 17.0. The Balaban J connectivity index is 1.61. The smallest absolute Gasteiger partial charge is 0.274 e. The van der Waals surface area contributed by atoms with Gasteiger partial charge in [-0.2, -0.15) is 0 Å². The highest BCUT2D eigenvalue weighted by atomic mass is 16.5. The molecule has 1 atom stereocenters. The average molecular weight is 416 g/mol. The second-order valence-corrected chi connectivity index (χ2v) is 7.51. The number of rotatable bonds is 5. The van der Waals surface area contributed by atoms with Gasteiger partial charge in [0, 0.05) is 17.5 Å². The highest BCUT2D eigenvalue weighted by Crippen LogP contribution is 2.33. The van der Waals surface area contributed by atoms with Gasteiger partial charge in [-0.25, -0.2) is 5.48 Å². The van der Waals surface area contributed by atoms with E-state index in [4.69, 9.17) is 9.94 Å². The SMILES string of the molecule is O=C(NO)c1ccc2c(c1)OCC(c1ccccc1)N(C(=O)CCc1ccccc1)C2. The van der Waals surface area contributed by atoms with Crippen molar-refractivity contribution in [2.45, 2.75) is 25.4 Å². The highest BCUT2D eigenvalue weighted by Gasteiger charge is 2.30. The van der Waals surface area contributed by atoms with Crippen LogP contribution < -0.4 is 10.2 Å². The molecule has 0 radical (unpaired) electrons. The number of hydrogen-bond donors (Lipinski definition) is 2. The summed E-state index contributed by atoms with van der Waals surface area (Å²) in [4.78, 5) is 27.0. The third-order valence-electron chi connectivity index (χ3n) is 5.52. The van der Waals surface area contributed by atoms with Gasteiger partial charge in [0.15, 0.2) is 0 Å². The lowest BCUT2D eigenvalue weighted by Crippen LogP contribution is -2.36. The van der Waals surface area contributed by atoms with Gasteiger partial charge in [0.2, 0.25) is 5.91 Å². The maximum Gasteiger partial charge on any atom is 0.274 e. The standard InChI is InChI=1S/C25H24N2O4/c28-24(14-11-18-7-3-1-4-8-18)27-16-21-13-12-20(25(29)26-30)15-23(21)31-17-22(27)19-9-5-2-6-10-19/h1-10,12-13,15,22,30H,11,14,16-17H2,(H,26,29). The molecule has 1 aliphatic heterocycles. The molecule has 1 aliphatic rings. The van der Waals surface area contributed by atoms with Crippen LogP contribution in [0.25, 0.3) is 0 Å². The van der Waals surface area contributed by atoms with Crippen LogP contribution in [0.3, 0.4) is 0 Å². The van der Waals surface area contributed by atoms with Crippen molar-refractivity contribution >= 4 is 11.8 Å². The Hall–Kier alpha value is -3.64. The molecule has 0 bridgehead atoms. The molecule has 0 aromatic heterocycles. The Kier molecular flexibility index (Phi) is 6.29. The molecule has 6 nitrogen and oxygen atoms in total. The molecule has 31 heavy (non-hydrogen) atoms. The van der Waals surface area contributed by atoms with Crippen LogP contribution in [0.4, 0.5) is 0 Å². The molecule has 3 aromatic rings. The highest BCUT2D eigenvalue weighted by molar-refractivity contribution is 5.93. The van der Waals surface area contributed by atoms with Crippen LogP contribution in [0.5, 0.6) is 5.75 Å². The Morgan fingerprint density at radius 2 is 1.71 bits per heavy atom. The minimum atomic E-state index is -0.606. The molecule has 4 rings (SSSR count). The maximum absolute atomic E-state index is 13.3. The molecule has 0 saturated carbocycles. The van der Waals surface area contributed by atoms with Crippen molar-refractivity contribution in [2.24, 2.45) is 0 Å². The Bertz CT molecular complexity index is 1050. The predicted octanol–water partition coefficient (Wildman–Crippen LogP) is 3.90. The summed E-state index contributed by atoms with van der Waals surface area (Å²) in [6.45, 7) is 0.655. The maximum atomic E-state index is 13.3. The Labute approximate surface area is 181 Å². The predicted molar refractivity (Wildman–Crippen MR) is 116 cm³/mol. The van der Waals surface area contributed by atoms with Crippen molar-refractivity contribution in [3.63, 3.8) is 0 Å². The fourth-order valence-corrected chi connectivity index (χ4v) is 3.83. The van der Waals surface area contributed by atoms with Gasteiger partial charge < -0.3 is 9.64 Å². The zero-order chi connectivity index (χ0) is 21.6. The number of hydrogen-bond acceptors (Lipinski definition) is 4. The van der Waals surface area contributed by atoms with Gasteiger partial charge >= 0.3 is 0 Å². The number of fused-ring (bicyclic) bond motifs is 1. The minimum Gasteiger partial charge on any atom is -0.491 e. The molecule has 2 amide bonds. The van der Waals surface area contributed by atoms with Crippen molar-refractivity contribution in [1.29, 1.82) is 0 Å². The molecule has 0 fully saturated rings. The van der Waals surface area contributed by atoms with Crippen LogP contribution in [0.2, 0.25) is 0 Å². The number of nitrogens with one attached hydrogen (secondary N) is 1. The number of ether oxygens (including phenoxy) is 1. The molecule has 0 spiro atoms. The van der Waals surface area contributed by atoms with Gasteiger partial charge in [0.1, 0.15) is 12.4 Å². The lowest BCUT2D eigenvalue weighted by atomic mass is 10.0. The normalized spacial score (nSPS) is 15.4. The molecule has 2 N–H and O–H groups in total. The summed E-state index contributed by atoms with van der Waals surface area (Å²) < 4.78 is 6.04. The van der Waals surface area contributed by atoms with Crippen LogP contribution >= 0.6 is 0 Å². The second kappa shape index (κ2) is 9.45. The summed E-state index contributed by atoms with van der Waals surface area (Å²) >= 11 is 0. The third-order valence-corrected chi connectivity index (χ3v) is 5.52. The summed E-state index contributed by atoms with van der Waals surface area (Å²) in [6, 6.07) is 24.5. The number of amides is 2. The van der Waals surface area contributed by atoms with E-state index in [9.17, 15) is 9.59 Å². The fourth-order valence-electron chi connectivity index (χ4n) is 3.83. The zero-order valence-electron chi connectivity index (χ0n) is 17.0. The van der Waals surface area contributed by atoms with Crippen molar-refractivity contribution < 1.29 is 19.5 Å². The summed E-state index contributed by atoms with van der Waals surface area (Å²) in [6.07, 6.45) is 1.06. The number of aryl methyl sites for hydroxylation is 1. The van der Waals surface area contributed by atoms with Gasteiger partial charge in [-0.1, -0.05) is 66.7 Å². The molecular weight excluding hydrogens is 392 g/mol. The van der Waals surface area contributed by atoms with E-state index in [1.165, 1.54) is 0 Å². The van der Waals surface area contributed by atoms with Gasteiger partial charge in [-0.05, 0) is 29.7 Å². The van der Waals surface area contributed by atoms with Gasteiger partial charge in [0.05, 0.1) is 12.6 Å². The van der Waals surface area contributed by atoms with E-state index < -0.39 is 5.91 Å². The van der Waals surface area contributed by atoms with Crippen molar-refractivity contribution in [2.75, 3.05) is 6.61 Å². The van der Waals surface area contributed by atoms with Crippen molar-refractivity contribution in [3.8, 4) is 5.75 Å². The fraction of sp³-hybridized carbons (Fsp3) is 0.200. The summed E-state index contributed by atoms with van der Waals surface area (Å²) in [5.74, 6) is -0.0159. The van der Waals surface area contributed by atoms with E-state index in [0.717, 1.165) is 16.7 Å². The Morgan fingerprint density at radius 1 is 1.00 bits per heavy atom. The first-order valence-electron chi connectivity index (χ1n) is 10.2. The van der Waals surface area contributed by atoms with Gasteiger partial charge in [0.25, 0.3) is 5.91 Å². The van der Waals surface area contributed by atoms with Crippen LogP contribution in [-0.4, -0.2) is 28.5 Å². The van der Waals surface area contributed by atoms with E-state index in [1.807, 2.05) is 65.6 Å². The van der Waals surface area contributed by atoms with Crippen molar-refractivity contribution in [1.82, 2.24) is 10.4 Å². The van der Waals surface area contributed by atoms with Crippen molar-refractivity contribution in [3.05, 3.63) is 101 Å². The quantitative estimate of drug-likeness (QED) is 0.488. The van der Waals surface area contributed by atoms with E-state index in [1.54, 1.807) is 23.7 Å². The van der Waals surface area contributed by atoms with Crippen LogP contribution in [0.15, 0.2) is 78.9 Å². The summed E-state index contributed by atoms with van der Waals surface area (Å²) in [5.41, 5.74) is 4.87. The van der Waals surface area contributed by atoms with E-state index >= 15 is 0 Å². The third kappa shape index (κ3) is 4.75. The number of nitrogens with zero attached hydrogens (tertiary/aromatic N) is 1. The molecule has 6 heteroatoms. The number of hydroxylamine groups is 1. The van der Waals surface area contributed by atoms with Gasteiger partial charge in [-0.15, -0.1) is 0 Å². The minimum absolute atomic E-state index is 0.0475. The van der Waals surface area contributed by atoms with Gasteiger partial charge in [-0.3, -0.25) is 14.8 Å². The van der Waals surface area contributed by atoms with Crippen LogP contribution in [-0.2, 0) is 17.8 Å². The first kappa shape index (κ1) is 20.6. The molecule has 0 saturated heterocycles. The van der Waals surface area contributed by atoms with Crippen LogP contribution in [0, 0.1) is 0 Å². The molecule has 1 heterocycles. The molecule has 3 aromatic carbocycles.